The molecule has 2 heteroatoms. The van der Waals surface area contributed by atoms with E-state index in [9.17, 15) is 0 Å². The van der Waals surface area contributed by atoms with Gasteiger partial charge in [-0.1, -0.05) is 133 Å². The van der Waals surface area contributed by atoms with Gasteiger partial charge >= 0.3 is 0 Å². The van der Waals surface area contributed by atoms with Gasteiger partial charge in [-0.3, -0.25) is 0 Å². The molecule has 8 aromatic carbocycles. The van der Waals surface area contributed by atoms with Crippen LogP contribution in [0.25, 0.3) is 97.0 Å². The van der Waals surface area contributed by atoms with Crippen LogP contribution in [0.5, 0.6) is 0 Å². The Morgan fingerprint density at radius 2 is 0.978 bits per heavy atom. The highest BCUT2D eigenvalue weighted by atomic mass is 32.1. The van der Waals surface area contributed by atoms with Crippen molar-refractivity contribution in [1.29, 1.82) is 0 Å². The zero-order chi connectivity index (χ0) is 30.2. The van der Waals surface area contributed by atoms with Gasteiger partial charge in [0.2, 0.25) is 0 Å². The first-order valence-electron chi connectivity index (χ1n) is 15.7. The van der Waals surface area contributed by atoms with Gasteiger partial charge in [-0.05, 0) is 78.8 Å². The Morgan fingerprint density at radius 3 is 1.72 bits per heavy atom. The van der Waals surface area contributed by atoms with E-state index in [1.807, 2.05) is 17.4 Å². The summed E-state index contributed by atoms with van der Waals surface area (Å²) in [5.74, 6) is 0.902. The Balaban J connectivity index is 1.30. The van der Waals surface area contributed by atoms with Crippen molar-refractivity contribution >= 4 is 74.8 Å². The molecule has 0 spiro atoms. The Labute approximate surface area is 269 Å². The molecule has 0 aliphatic carbocycles. The van der Waals surface area contributed by atoms with Crippen LogP contribution in [0.15, 0.2) is 162 Å². The number of furan rings is 1. The van der Waals surface area contributed by atoms with E-state index in [0.717, 1.165) is 22.3 Å². The van der Waals surface area contributed by atoms with E-state index >= 15 is 0 Å². The molecule has 0 fully saturated rings. The fraction of sp³-hybridized carbons (Fsp3) is 0. The van der Waals surface area contributed by atoms with E-state index in [0.29, 0.717) is 0 Å². The molecule has 10 aromatic rings. The minimum Gasteiger partial charge on any atom is -0.456 e. The Hall–Kier alpha value is -5.70. The minimum absolute atomic E-state index is 0.902. The first kappa shape index (κ1) is 25.6. The quantitative estimate of drug-likeness (QED) is 0.183. The maximum atomic E-state index is 6.38. The molecule has 1 nitrogen and oxygen atoms in total. The molecule has 214 valence electrons. The number of rotatable bonds is 3. The molecule has 0 aliphatic heterocycles. The van der Waals surface area contributed by atoms with Crippen LogP contribution >= 0.6 is 11.3 Å². The fourth-order valence-corrected chi connectivity index (χ4v) is 8.61. The highest BCUT2D eigenvalue weighted by molar-refractivity contribution is 7.26. The molecule has 0 unspecified atom stereocenters. The summed E-state index contributed by atoms with van der Waals surface area (Å²) in [6, 6.07) is 57.2. The molecular weight excluding hydrogens is 577 g/mol. The molecule has 0 radical (unpaired) electrons. The van der Waals surface area contributed by atoms with E-state index in [-0.39, 0.29) is 0 Å². The third-order valence-electron chi connectivity index (χ3n) is 9.45. The van der Waals surface area contributed by atoms with Crippen LogP contribution in [0.1, 0.15) is 0 Å². The highest BCUT2D eigenvalue weighted by Crippen LogP contribution is 2.49. The van der Waals surface area contributed by atoms with E-state index < -0.39 is 0 Å². The number of benzene rings is 8. The standard InChI is InChI=1S/C44H26OS/c1-2-13-28(14-3-1)38-25-29-24-37-41(26-39(29)45-38)46-40-23-11-22-36(44(37)40)43-34-19-8-6-17-32(34)42(33-18-7-9-20-35(33)43)31-21-10-15-27-12-4-5-16-30(27)31/h1-26H. The molecule has 0 saturated heterocycles. The highest BCUT2D eigenvalue weighted by Gasteiger charge is 2.21. The van der Waals surface area contributed by atoms with Gasteiger partial charge in [-0.15, -0.1) is 11.3 Å². The summed E-state index contributed by atoms with van der Waals surface area (Å²) < 4.78 is 8.91. The van der Waals surface area contributed by atoms with E-state index in [4.69, 9.17) is 4.42 Å². The number of thiophene rings is 1. The number of hydrogen-bond donors (Lipinski definition) is 0. The summed E-state index contributed by atoms with van der Waals surface area (Å²) in [5.41, 5.74) is 7.14. The number of fused-ring (bicyclic) bond motifs is 7. The van der Waals surface area contributed by atoms with Crippen molar-refractivity contribution < 1.29 is 4.42 Å². The lowest BCUT2D eigenvalue weighted by Gasteiger charge is -2.19. The second kappa shape index (κ2) is 9.90. The van der Waals surface area contributed by atoms with Gasteiger partial charge < -0.3 is 4.42 Å². The summed E-state index contributed by atoms with van der Waals surface area (Å²) in [4.78, 5) is 0. The van der Waals surface area contributed by atoms with Crippen LogP contribution in [-0.4, -0.2) is 0 Å². The van der Waals surface area contributed by atoms with Gasteiger partial charge in [0.15, 0.2) is 0 Å². The molecule has 0 aliphatic rings. The van der Waals surface area contributed by atoms with Crippen molar-refractivity contribution in [1.82, 2.24) is 0 Å². The maximum absolute atomic E-state index is 6.38. The van der Waals surface area contributed by atoms with Crippen molar-refractivity contribution in [2.45, 2.75) is 0 Å². The maximum Gasteiger partial charge on any atom is 0.136 e. The molecule has 0 atom stereocenters. The third-order valence-corrected chi connectivity index (χ3v) is 10.6. The Kier molecular flexibility index (Phi) is 5.51. The molecular formula is C44H26OS. The van der Waals surface area contributed by atoms with Crippen LogP contribution in [0, 0.1) is 0 Å². The second-order valence-corrected chi connectivity index (χ2v) is 13.1. The van der Waals surface area contributed by atoms with E-state index in [1.54, 1.807) is 0 Å². The van der Waals surface area contributed by atoms with Crippen LogP contribution < -0.4 is 0 Å². The van der Waals surface area contributed by atoms with Gasteiger partial charge in [-0.2, -0.15) is 0 Å². The van der Waals surface area contributed by atoms with Gasteiger partial charge in [0.1, 0.15) is 11.3 Å². The van der Waals surface area contributed by atoms with Gasteiger partial charge in [0.25, 0.3) is 0 Å². The van der Waals surface area contributed by atoms with Gasteiger partial charge in [0.05, 0.1) is 0 Å². The first-order chi connectivity index (χ1) is 22.8. The second-order valence-electron chi connectivity index (χ2n) is 12.0. The van der Waals surface area contributed by atoms with Crippen LogP contribution in [0.4, 0.5) is 0 Å². The topological polar surface area (TPSA) is 13.1 Å². The predicted molar refractivity (Wildman–Crippen MR) is 198 cm³/mol. The van der Waals surface area contributed by atoms with Crippen molar-refractivity contribution in [2.75, 3.05) is 0 Å². The van der Waals surface area contributed by atoms with Crippen LogP contribution in [0.3, 0.4) is 0 Å². The lowest BCUT2D eigenvalue weighted by Crippen LogP contribution is -1.92. The average molecular weight is 603 g/mol. The molecule has 0 N–H and O–H groups in total. The average Bonchev–Trinajstić information content (AvgIpc) is 3.70. The molecule has 46 heavy (non-hydrogen) atoms. The van der Waals surface area contributed by atoms with Crippen molar-refractivity contribution in [3.05, 3.63) is 158 Å². The van der Waals surface area contributed by atoms with Gasteiger partial charge in [-0.25, -0.2) is 0 Å². The molecule has 0 amide bonds. The van der Waals surface area contributed by atoms with E-state index in [2.05, 4.69) is 152 Å². The molecule has 0 bridgehead atoms. The summed E-state index contributed by atoms with van der Waals surface area (Å²) >= 11 is 1.84. The Bertz CT molecular complexity index is 2740. The largest absolute Gasteiger partial charge is 0.456 e. The number of hydrogen-bond acceptors (Lipinski definition) is 2. The third kappa shape index (κ3) is 3.74. The van der Waals surface area contributed by atoms with Gasteiger partial charge in [0, 0.05) is 31.1 Å². The fourth-order valence-electron chi connectivity index (χ4n) is 7.47. The van der Waals surface area contributed by atoms with Crippen LogP contribution in [-0.2, 0) is 0 Å². The smallest absolute Gasteiger partial charge is 0.136 e. The zero-order valence-electron chi connectivity index (χ0n) is 24.8. The van der Waals surface area contributed by atoms with Crippen molar-refractivity contribution in [2.24, 2.45) is 0 Å². The summed E-state index contributed by atoms with van der Waals surface area (Å²) in [7, 11) is 0. The molecule has 0 saturated carbocycles. The van der Waals surface area contributed by atoms with Crippen molar-refractivity contribution in [3.63, 3.8) is 0 Å². The normalized spacial score (nSPS) is 11.9. The Morgan fingerprint density at radius 1 is 0.391 bits per heavy atom. The monoisotopic (exact) mass is 602 g/mol. The van der Waals surface area contributed by atoms with E-state index in [1.165, 1.54) is 74.7 Å². The lowest BCUT2D eigenvalue weighted by atomic mass is 9.84. The molecule has 2 heterocycles. The lowest BCUT2D eigenvalue weighted by molar-refractivity contribution is 0.632. The molecule has 2 aromatic heterocycles. The minimum atomic E-state index is 0.902. The molecule has 10 rings (SSSR count). The van der Waals surface area contributed by atoms with Crippen LogP contribution in [0.2, 0.25) is 0 Å². The predicted octanol–water partition coefficient (Wildman–Crippen LogP) is 13.3. The summed E-state index contributed by atoms with van der Waals surface area (Å²) in [6.45, 7) is 0. The zero-order valence-corrected chi connectivity index (χ0v) is 25.6. The van der Waals surface area contributed by atoms with Crippen molar-refractivity contribution in [3.8, 4) is 33.6 Å². The SMILES string of the molecule is c1ccc(-c2cc3cc4c(cc3o2)sc2cccc(-c3c5ccccc5c(-c5cccc6ccccc56)c5ccccc35)c24)cc1. The summed E-state index contributed by atoms with van der Waals surface area (Å²) in [5, 5.41) is 11.3. The summed E-state index contributed by atoms with van der Waals surface area (Å²) in [6.07, 6.45) is 0. The first-order valence-corrected chi connectivity index (χ1v) is 16.5.